The van der Waals surface area contributed by atoms with E-state index in [0.717, 1.165) is 22.9 Å². The quantitative estimate of drug-likeness (QED) is 0.227. The summed E-state index contributed by atoms with van der Waals surface area (Å²) in [6.07, 6.45) is 14.3. The van der Waals surface area contributed by atoms with E-state index in [1.807, 2.05) is 0 Å². The van der Waals surface area contributed by atoms with Crippen molar-refractivity contribution in [2.45, 2.75) is 167 Å². The van der Waals surface area contributed by atoms with Crippen LogP contribution in [0, 0.1) is 23.7 Å². The van der Waals surface area contributed by atoms with E-state index >= 15 is 0 Å². The lowest BCUT2D eigenvalue weighted by Crippen LogP contribution is -2.51. The molecule has 4 rings (SSSR count). The van der Waals surface area contributed by atoms with Crippen molar-refractivity contribution in [2.24, 2.45) is 23.7 Å². The van der Waals surface area contributed by atoms with Gasteiger partial charge in [0.05, 0.1) is 20.3 Å². The Hall–Kier alpha value is 0.0506. The SMILES string of the molecule is CC1=CC2C(O[Si](C)(C)C(C)(C)C)CCCC2C1[Si](C)(C)C1C(C)=CC2C(O[Si](C)(C)C(C)(C)C)CCCC21. The van der Waals surface area contributed by atoms with Crippen LogP contribution < -0.4 is 0 Å². The van der Waals surface area contributed by atoms with Crippen LogP contribution in [0.4, 0.5) is 0 Å². The van der Waals surface area contributed by atoms with Gasteiger partial charge in [0.25, 0.3) is 0 Å². The Labute approximate surface area is 246 Å². The van der Waals surface area contributed by atoms with Crippen molar-refractivity contribution >= 4 is 24.7 Å². The average Bonchev–Trinajstić information content (AvgIpc) is 3.29. The number of fused-ring (bicyclic) bond motifs is 2. The fraction of sp³-hybridized carbons (Fsp3) is 0.882. The van der Waals surface area contributed by atoms with Crippen molar-refractivity contribution in [3.05, 3.63) is 23.3 Å². The second-order valence-electron chi connectivity index (χ2n) is 17.8. The highest BCUT2D eigenvalue weighted by atomic mass is 28.4. The third kappa shape index (κ3) is 5.84. The summed E-state index contributed by atoms with van der Waals surface area (Å²) in [4.78, 5) is 0. The van der Waals surface area contributed by atoms with Gasteiger partial charge in [0.15, 0.2) is 16.6 Å². The zero-order valence-electron chi connectivity index (χ0n) is 28.3. The first-order chi connectivity index (χ1) is 17.7. The van der Waals surface area contributed by atoms with Crippen LogP contribution in [0.15, 0.2) is 23.3 Å². The molecule has 0 N–H and O–H groups in total. The highest BCUT2D eigenvalue weighted by Gasteiger charge is 2.57. The van der Waals surface area contributed by atoms with Crippen molar-refractivity contribution in [3.8, 4) is 0 Å². The van der Waals surface area contributed by atoms with E-state index in [1.54, 1.807) is 11.1 Å². The van der Waals surface area contributed by atoms with Crippen LogP contribution in [0.1, 0.15) is 93.9 Å². The Morgan fingerprint density at radius 1 is 0.590 bits per heavy atom. The molecule has 0 aliphatic heterocycles. The van der Waals surface area contributed by atoms with Gasteiger partial charge in [0, 0.05) is 11.8 Å². The Kier molecular flexibility index (Phi) is 8.73. The summed E-state index contributed by atoms with van der Waals surface area (Å²) in [6, 6.07) is 0. The van der Waals surface area contributed by atoms with E-state index in [0.29, 0.717) is 24.0 Å². The summed E-state index contributed by atoms with van der Waals surface area (Å²) >= 11 is 0. The molecule has 0 bridgehead atoms. The lowest BCUT2D eigenvalue weighted by atomic mass is 9.79. The van der Waals surface area contributed by atoms with Gasteiger partial charge in [-0.25, -0.2) is 0 Å². The second-order valence-corrected chi connectivity index (χ2v) is 32.2. The van der Waals surface area contributed by atoms with Gasteiger partial charge in [-0.3, -0.25) is 0 Å². The molecule has 0 heterocycles. The first-order valence-electron chi connectivity index (χ1n) is 16.4. The third-order valence-corrected chi connectivity index (χ3v) is 26.7. The molecule has 0 spiro atoms. The van der Waals surface area contributed by atoms with Crippen LogP contribution in [-0.2, 0) is 8.85 Å². The van der Waals surface area contributed by atoms with Crippen molar-refractivity contribution in [2.75, 3.05) is 0 Å². The summed E-state index contributed by atoms with van der Waals surface area (Å²) < 4.78 is 14.3. The maximum Gasteiger partial charge on any atom is 0.192 e. The predicted molar refractivity (Wildman–Crippen MR) is 178 cm³/mol. The average molecular weight is 589 g/mol. The van der Waals surface area contributed by atoms with Gasteiger partial charge >= 0.3 is 0 Å². The van der Waals surface area contributed by atoms with Crippen molar-refractivity contribution < 1.29 is 8.85 Å². The normalized spacial score (nSPS) is 36.4. The molecule has 0 radical (unpaired) electrons. The highest BCUT2D eigenvalue weighted by Crippen LogP contribution is 2.62. The first-order valence-corrected chi connectivity index (χ1v) is 25.4. The summed E-state index contributed by atoms with van der Waals surface area (Å²) in [5.74, 6) is 2.86. The Balaban J connectivity index is 1.57. The lowest BCUT2D eigenvalue weighted by Gasteiger charge is -2.50. The number of rotatable bonds is 6. The monoisotopic (exact) mass is 588 g/mol. The molecule has 0 amide bonds. The molecular formula is C34H64O2Si3. The van der Waals surface area contributed by atoms with Crippen LogP contribution in [-0.4, -0.2) is 36.9 Å². The third-order valence-electron chi connectivity index (χ3n) is 12.8. The fourth-order valence-corrected chi connectivity index (χ4v) is 17.7. The summed E-state index contributed by atoms with van der Waals surface area (Å²) in [7, 11) is -5.22. The molecule has 4 aliphatic carbocycles. The Bertz CT molecular complexity index is 888. The van der Waals surface area contributed by atoms with Crippen LogP contribution >= 0.6 is 0 Å². The molecule has 2 fully saturated rings. The molecular weight excluding hydrogens is 525 g/mol. The first kappa shape index (κ1) is 32.0. The minimum atomic E-state index is -1.78. The van der Waals surface area contributed by atoms with E-state index in [1.165, 1.54) is 38.5 Å². The van der Waals surface area contributed by atoms with Crippen molar-refractivity contribution in [3.63, 3.8) is 0 Å². The molecule has 2 nitrogen and oxygen atoms in total. The van der Waals surface area contributed by atoms with E-state index in [2.05, 4.69) is 107 Å². The van der Waals surface area contributed by atoms with Gasteiger partial charge in [-0.1, -0.05) is 90.8 Å². The fourth-order valence-electron chi connectivity index (χ4n) is 9.02. The van der Waals surface area contributed by atoms with Gasteiger partial charge in [0.1, 0.15) is 0 Å². The van der Waals surface area contributed by atoms with Crippen LogP contribution in [0.2, 0.25) is 60.4 Å². The van der Waals surface area contributed by atoms with Gasteiger partial charge in [-0.15, -0.1) is 0 Å². The number of hydrogen-bond donors (Lipinski definition) is 0. The van der Waals surface area contributed by atoms with E-state index in [9.17, 15) is 0 Å². The largest absolute Gasteiger partial charge is 0.413 e. The standard InChI is InChI=1S/C34H64O2Si3/c1-23-21-27-25(17-15-19-29(27)35-38(11,12)33(3,4)5)31(23)37(9,10)32-24(2)22-28-26(32)18-16-20-30(28)36-39(13,14)34(6,7)8/h21-22,25-32H,15-20H2,1-14H3. The highest BCUT2D eigenvalue weighted by molar-refractivity contribution is 6.81. The summed E-state index contributed by atoms with van der Waals surface area (Å²) in [5, 5.41) is 0.547. The van der Waals surface area contributed by atoms with Gasteiger partial charge in [-0.05, 0) is 98.7 Å². The molecule has 0 saturated heterocycles. The van der Waals surface area contributed by atoms with Gasteiger partial charge in [0.2, 0.25) is 0 Å². The molecule has 224 valence electrons. The number of hydrogen-bond acceptors (Lipinski definition) is 2. The molecule has 8 unspecified atom stereocenters. The zero-order valence-corrected chi connectivity index (χ0v) is 31.3. The van der Waals surface area contributed by atoms with Crippen LogP contribution in [0.5, 0.6) is 0 Å². The lowest BCUT2D eigenvalue weighted by molar-refractivity contribution is 0.0695. The van der Waals surface area contributed by atoms with Crippen molar-refractivity contribution in [1.29, 1.82) is 0 Å². The van der Waals surface area contributed by atoms with Gasteiger partial charge in [-0.2, -0.15) is 0 Å². The maximum absolute atomic E-state index is 7.17. The molecule has 0 aromatic rings. The molecule has 39 heavy (non-hydrogen) atoms. The minimum absolute atomic E-state index is 0.273. The molecule has 2 saturated carbocycles. The number of allylic oxidation sites excluding steroid dienone is 2. The molecule has 8 atom stereocenters. The van der Waals surface area contributed by atoms with E-state index < -0.39 is 24.7 Å². The molecule has 4 aliphatic rings. The summed E-state index contributed by atoms with van der Waals surface area (Å²) in [6.45, 7) is 34.7. The Morgan fingerprint density at radius 3 is 1.23 bits per heavy atom. The zero-order chi connectivity index (χ0) is 29.3. The molecule has 0 aromatic heterocycles. The van der Waals surface area contributed by atoms with Crippen LogP contribution in [0.3, 0.4) is 0 Å². The van der Waals surface area contributed by atoms with E-state index in [4.69, 9.17) is 8.85 Å². The molecule has 5 heteroatoms. The topological polar surface area (TPSA) is 18.5 Å². The second kappa shape index (κ2) is 10.6. The maximum atomic E-state index is 7.17. The Morgan fingerprint density at radius 2 is 0.923 bits per heavy atom. The van der Waals surface area contributed by atoms with Crippen LogP contribution in [0.25, 0.3) is 0 Å². The summed E-state index contributed by atoms with van der Waals surface area (Å²) in [5.41, 5.74) is 5.02. The smallest absolute Gasteiger partial charge is 0.192 e. The predicted octanol–water partition coefficient (Wildman–Crippen LogP) is 11.0. The van der Waals surface area contributed by atoms with Crippen molar-refractivity contribution in [1.82, 2.24) is 0 Å². The molecule has 0 aromatic carbocycles. The van der Waals surface area contributed by atoms with Gasteiger partial charge < -0.3 is 8.85 Å². The van der Waals surface area contributed by atoms with E-state index in [-0.39, 0.29) is 10.1 Å². The minimum Gasteiger partial charge on any atom is -0.413 e.